The summed E-state index contributed by atoms with van der Waals surface area (Å²) in [4.78, 5) is 28.2. The van der Waals surface area contributed by atoms with Gasteiger partial charge >= 0.3 is 0 Å². The zero-order valence-corrected chi connectivity index (χ0v) is 22.4. The molecule has 11 heteroatoms. The first-order valence-corrected chi connectivity index (χ1v) is 13.2. The van der Waals surface area contributed by atoms with Crippen LogP contribution in [0.15, 0.2) is 36.7 Å². The largest absolute Gasteiger partial charge is 0.493 e. The fraction of sp³-hybridized carbons (Fsp3) is 0.444. The Hall–Kier alpha value is -3.21. The van der Waals surface area contributed by atoms with E-state index in [1.165, 1.54) is 12.4 Å². The number of carbonyl (C=O) groups excluding carboxylic acids is 1. The van der Waals surface area contributed by atoms with Crippen LogP contribution in [0.4, 0.5) is 15.9 Å². The van der Waals surface area contributed by atoms with Gasteiger partial charge in [-0.2, -0.15) is 0 Å². The number of aromatic nitrogens is 2. The zero-order chi connectivity index (χ0) is 26.6. The molecule has 0 saturated carbocycles. The summed E-state index contributed by atoms with van der Waals surface area (Å²) < 4.78 is 26.3. The summed E-state index contributed by atoms with van der Waals surface area (Å²) in [6.45, 7) is 5.29. The van der Waals surface area contributed by atoms with E-state index in [1.54, 1.807) is 31.4 Å². The van der Waals surface area contributed by atoms with Crippen molar-refractivity contribution in [1.29, 1.82) is 0 Å². The third-order valence-corrected chi connectivity index (χ3v) is 7.50. The second-order valence-electron chi connectivity index (χ2n) is 9.74. The van der Waals surface area contributed by atoms with Crippen molar-refractivity contribution < 1.29 is 18.7 Å². The summed E-state index contributed by atoms with van der Waals surface area (Å²) in [5.74, 6) is 1.02. The molecule has 2 saturated heterocycles. The van der Waals surface area contributed by atoms with Gasteiger partial charge in [0.2, 0.25) is 5.91 Å². The Kier molecular flexibility index (Phi) is 8.11. The second kappa shape index (κ2) is 11.7. The van der Waals surface area contributed by atoms with E-state index in [1.807, 2.05) is 4.90 Å². The van der Waals surface area contributed by atoms with Crippen molar-refractivity contribution in [1.82, 2.24) is 24.7 Å². The number of ether oxygens (including phenoxy) is 2. The minimum Gasteiger partial charge on any atom is -0.493 e. The lowest BCUT2D eigenvalue weighted by Gasteiger charge is -2.34. The van der Waals surface area contributed by atoms with Gasteiger partial charge in [0.05, 0.1) is 35.9 Å². The molecule has 3 aromatic rings. The number of rotatable bonds is 8. The molecule has 202 valence electrons. The third-order valence-electron chi connectivity index (χ3n) is 7.21. The van der Waals surface area contributed by atoms with E-state index in [2.05, 4.69) is 32.1 Å². The van der Waals surface area contributed by atoms with Crippen molar-refractivity contribution in [3.8, 4) is 11.5 Å². The number of methoxy groups -OCH3 is 1. The van der Waals surface area contributed by atoms with Crippen molar-refractivity contribution in [3.63, 3.8) is 0 Å². The highest BCUT2D eigenvalue weighted by molar-refractivity contribution is 6.31. The van der Waals surface area contributed by atoms with Crippen LogP contribution in [0.5, 0.6) is 11.5 Å². The number of hydrogen-bond donors (Lipinski definition) is 1. The Labute approximate surface area is 226 Å². The highest BCUT2D eigenvalue weighted by atomic mass is 35.5. The van der Waals surface area contributed by atoms with Gasteiger partial charge < -0.3 is 24.6 Å². The van der Waals surface area contributed by atoms with Gasteiger partial charge in [-0.15, -0.1) is 0 Å². The molecule has 38 heavy (non-hydrogen) atoms. The molecule has 3 heterocycles. The predicted octanol–water partition coefficient (Wildman–Crippen LogP) is 3.79. The van der Waals surface area contributed by atoms with Crippen LogP contribution in [-0.2, 0) is 4.79 Å². The smallest absolute Gasteiger partial charge is 0.237 e. The second-order valence-corrected chi connectivity index (χ2v) is 10.1. The van der Waals surface area contributed by atoms with Crippen molar-refractivity contribution >= 4 is 39.9 Å². The summed E-state index contributed by atoms with van der Waals surface area (Å²) in [5, 5.41) is 3.67. The quantitative estimate of drug-likeness (QED) is 0.460. The normalized spacial score (nSPS) is 18.6. The summed E-state index contributed by atoms with van der Waals surface area (Å²) in [6, 6.07) is 8.26. The molecule has 1 amide bonds. The third kappa shape index (κ3) is 5.77. The lowest BCUT2D eigenvalue weighted by Crippen LogP contribution is -2.50. The molecule has 5 rings (SSSR count). The SMILES string of the molecule is COc1cc2ncnc(Nc3cccc(Cl)c3F)c2cc1OC[C@@H]1CCCN1C(=O)CN1CCN(C)CC1. The molecule has 0 aliphatic carbocycles. The molecular weight excluding hydrogens is 511 g/mol. The highest BCUT2D eigenvalue weighted by Gasteiger charge is 2.31. The number of amides is 1. The number of benzene rings is 2. The number of anilines is 2. The number of carbonyl (C=O) groups is 1. The van der Waals surface area contributed by atoms with Gasteiger partial charge in [0.25, 0.3) is 0 Å². The first kappa shape index (κ1) is 26.4. The Balaban J connectivity index is 1.32. The van der Waals surface area contributed by atoms with Gasteiger partial charge in [0.15, 0.2) is 17.3 Å². The molecule has 0 bridgehead atoms. The van der Waals surface area contributed by atoms with Gasteiger partial charge in [-0.25, -0.2) is 14.4 Å². The molecular formula is C27H32ClFN6O3. The van der Waals surface area contributed by atoms with Crippen LogP contribution >= 0.6 is 11.6 Å². The standard InChI is InChI=1S/C27H32ClFN6O3/c1-33-9-11-34(12-10-33)15-25(36)35-8-4-5-18(35)16-38-24-13-19-22(14-23(24)37-2)30-17-31-27(19)32-21-7-3-6-20(28)26(21)29/h3,6-7,13-14,17-18H,4-5,8-12,15-16H2,1-2H3,(H,30,31,32)/t18-/m0/s1. The van der Waals surface area contributed by atoms with Gasteiger partial charge in [0.1, 0.15) is 18.8 Å². The van der Waals surface area contributed by atoms with E-state index in [4.69, 9.17) is 21.1 Å². The van der Waals surface area contributed by atoms with Crippen LogP contribution in [0, 0.1) is 5.82 Å². The average molecular weight is 543 g/mol. The van der Waals surface area contributed by atoms with Gasteiger partial charge in [-0.1, -0.05) is 17.7 Å². The van der Waals surface area contributed by atoms with Crippen molar-refractivity contribution in [2.45, 2.75) is 18.9 Å². The Bertz CT molecular complexity index is 1300. The molecule has 2 fully saturated rings. The minimum absolute atomic E-state index is 0.0134. The molecule has 9 nitrogen and oxygen atoms in total. The zero-order valence-electron chi connectivity index (χ0n) is 21.6. The summed E-state index contributed by atoms with van der Waals surface area (Å²) >= 11 is 5.94. The topological polar surface area (TPSA) is 83.1 Å². The number of likely N-dealkylation sites (N-methyl/N-ethyl adjacent to an activating group) is 1. The summed E-state index contributed by atoms with van der Waals surface area (Å²) in [7, 11) is 3.67. The maximum Gasteiger partial charge on any atom is 0.237 e. The van der Waals surface area contributed by atoms with Crippen LogP contribution in [-0.4, -0.2) is 96.6 Å². The minimum atomic E-state index is -0.562. The molecule has 2 aliphatic heterocycles. The molecule has 0 unspecified atom stereocenters. The predicted molar refractivity (Wildman–Crippen MR) is 145 cm³/mol. The molecule has 2 aromatic carbocycles. The number of hydrogen-bond acceptors (Lipinski definition) is 8. The summed E-state index contributed by atoms with van der Waals surface area (Å²) in [6.07, 6.45) is 3.23. The maximum atomic E-state index is 14.5. The van der Waals surface area contributed by atoms with Crippen molar-refractivity contribution in [2.24, 2.45) is 0 Å². The first-order chi connectivity index (χ1) is 18.4. The van der Waals surface area contributed by atoms with Crippen LogP contribution in [0.1, 0.15) is 12.8 Å². The molecule has 0 radical (unpaired) electrons. The van der Waals surface area contributed by atoms with E-state index in [9.17, 15) is 9.18 Å². The van der Waals surface area contributed by atoms with E-state index in [0.717, 1.165) is 45.6 Å². The number of likely N-dealkylation sites (tertiary alicyclic amines) is 1. The van der Waals surface area contributed by atoms with Gasteiger partial charge in [-0.05, 0) is 38.1 Å². The number of piperazine rings is 1. The lowest BCUT2D eigenvalue weighted by molar-refractivity contribution is -0.134. The van der Waals surface area contributed by atoms with Crippen LogP contribution in [0.2, 0.25) is 5.02 Å². The maximum absolute atomic E-state index is 14.5. The van der Waals surface area contributed by atoms with Gasteiger partial charge in [-0.3, -0.25) is 9.69 Å². The fourth-order valence-electron chi connectivity index (χ4n) is 4.98. The number of nitrogens with one attached hydrogen (secondary N) is 1. The van der Waals surface area contributed by atoms with Crippen LogP contribution < -0.4 is 14.8 Å². The van der Waals surface area contributed by atoms with E-state index in [-0.39, 0.29) is 22.7 Å². The van der Waals surface area contributed by atoms with E-state index in [0.29, 0.717) is 41.4 Å². The van der Waals surface area contributed by atoms with E-state index >= 15 is 0 Å². The number of nitrogens with zero attached hydrogens (tertiary/aromatic N) is 5. The van der Waals surface area contributed by atoms with Crippen LogP contribution in [0.3, 0.4) is 0 Å². The first-order valence-electron chi connectivity index (χ1n) is 12.8. The molecule has 0 spiro atoms. The molecule has 1 N–H and O–H groups in total. The van der Waals surface area contributed by atoms with Gasteiger partial charge in [0, 0.05) is 44.2 Å². The average Bonchev–Trinajstić information content (AvgIpc) is 3.40. The lowest BCUT2D eigenvalue weighted by atomic mass is 10.2. The van der Waals surface area contributed by atoms with Crippen molar-refractivity contribution in [3.05, 3.63) is 47.5 Å². The monoisotopic (exact) mass is 542 g/mol. The van der Waals surface area contributed by atoms with E-state index < -0.39 is 5.82 Å². The highest BCUT2D eigenvalue weighted by Crippen LogP contribution is 2.36. The van der Waals surface area contributed by atoms with Crippen molar-refractivity contribution in [2.75, 3.05) is 65.3 Å². The Morgan fingerprint density at radius 3 is 2.76 bits per heavy atom. The number of halogens is 2. The molecule has 1 aromatic heterocycles. The Morgan fingerprint density at radius 1 is 1.16 bits per heavy atom. The Morgan fingerprint density at radius 2 is 1.97 bits per heavy atom. The molecule has 2 aliphatic rings. The number of fused-ring (bicyclic) bond motifs is 1. The fourth-order valence-corrected chi connectivity index (χ4v) is 5.15. The summed E-state index contributed by atoms with van der Waals surface area (Å²) in [5.41, 5.74) is 0.815. The molecule has 1 atom stereocenters. The van der Waals surface area contributed by atoms with Crippen LogP contribution in [0.25, 0.3) is 10.9 Å².